The molecule has 0 bridgehead atoms. The van der Waals surface area contributed by atoms with Crippen molar-refractivity contribution in [2.24, 2.45) is 0 Å². The zero-order valence-electron chi connectivity index (χ0n) is 34.7. The molecule has 0 aromatic heterocycles. The largest absolute Gasteiger partial charge is 0.311 e. The number of hydrogen-bond donors (Lipinski definition) is 0. The Morgan fingerprint density at radius 1 is 0.210 bits per heavy atom. The number of benzene rings is 10. The highest BCUT2D eigenvalue weighted by atomic mass is 15.1. The van der Waals surface area contributed by atoms with Gasteiger partial charge in [-0.05, 0) is 126 Å². The average molecular weight is 790 g/mol. The Labute approximate surface area is 366 Å². The minimum Gasteiger partial charge on any atom is -0.311 e. The van der Waals surface area contributed by atoms with Gasteiger partial charge in [0.1, 0.15) is 7.85 Å². The highest BCUT2D eigenvalue weighted by molar-refractivity contribution is 6.36. The molecule has 0 aliphatic rings. The van der Waals surface area contributed by atoms with Gasteiger partial charge in [-0.2, -0.15) is 0 Å². The van der Waals surface area contributed by atoms with Crippen LogP contribution in [0, 0.1) is 0 Å². The number of anilines is 3. The SMILES string of the molecule is Bc1ccccc1-c1ccc(-c2ccccc2)cc1-c1cc(-c2ccccc2)ccc1-c1ccc(N(c2ccc(-c3ccccc3)cc2)c2ccc(-c3ccccc3)cc2)cc1. The van der Waals surface area contributed by atoms with Crippen molar-refractivity contribution >= 4 is 30.4 Å². The van der Waals surface area contributed by atoms with Gasteiger partial charge in [0, 0.05) is 17.1 Å². The molecule has 0 fully saturated rings. The summed E-state index contributed by atoms with van der Waals surface area (Å²) in [5.74, 6) is 0. The average Bonchev–Trinajstić information content (AvgIpc) is 3.36. The van der Waals surface area contributed by atoms with E-state index in [2.05, 4.69) is 268 Å². The first kappa shape index (κ1) is 38.3. The summed E-state index contributed by atoms with van der Waals surface area (Å²) >= 11 is 0. The minimum atomic E-state index is 1.09. The fourth-order valence-corrected chi connectivity index (χ4v) is 8.62. The maximum atomic E-state index is 2.39. The lowest BCUT2D eigenvalue weighted by atomic mass is 9.81. The van der Waals surface area contributed by atoms with Crippen LogP contribution in [0.15, 0.2) is 255 Å². The molecule has 0 radical (unpaired) electrons. The van der Waals surface area contributed by atoms with Crippen molar-refractivity contribution in [2.45, 2.75) is 0 Å². The maximum Gasteiger partial charge on any atom is 0.140 e. The third-order valence-electron chi connectivity index (χ3n) is 11.9. The van der Waals surface area contributed by atoms with Gasteiger partial charge in [-0.25, -0.2) is 0 Å². The van der Waals surface area contributed by atoms with Crippen LogP contribution < -0.4 is 10.4 Å². The number of nitrogens with zero attached hydrogens (tertiary/aromatic N) is 1. The second kappa shape index (κ2) is 17.3. The molecule has 10 aromatic carbocycles. The molecule has 10 aromatic rings. The first-order valence-corrected chi connectivity index (χ1v) is 21.3. The van der Waals surface area contributed by atoms with Gasteiger partial charge < -0.3 is 4.90 Å². The molecule has 2 heteroatoms. The quantitative estimate of drug-likeness (QED) is 0.125. The molecule has 0 aliphatic heterocycles. The fraction of sp³-hybridized carbons (Fsp3) is 0. The summed E-state index contributed by atoms with van der Waals surface area (Å²) in [7, 11) is 2.21. The molecule has 0 heterocycles. The Kier molecular flexibility index (Phi) is 10.7. The van der Waals surface area contributed by atoms with Gasteiger partial charge in [-0.15, -0.1) is 0 Å². The van der Waals surface area contributed by atoms with Crippen molar-refractivity contribution in [1.29, 1.82) is 0 Å². The predicted molar refractivity (Wildman–Crippen MR) is 267 cm³/mol. The summed E-state index contributed by atoms with van der Waals surface area (Å²) in [6.07, 6.45) is 0. The molecule has 292 valence electrons. The van der Waals surface area contributed by atoms with Crippen molar-refractivity contribution < 1.29 is 0 Å². The Balaban J connectivity index is 1.11. The van der Waals surface area contributed by atoms with Crippen molar-refractivity contribution in [3.8, 4) is 77.9 Å². The van der Waals surface area contributed by atoms with E-state index in [0.29, 0.717) is 0 Å². The van der Waals surface area contributed by atoms with Crippen LogP contribution >= 0.6 is 0 Å². The van der Waals surface area contributed by atoms with Crippen molar-refractivity contribution in [3.63, 3.8) is 0 Å². The third kappa shape index (κ3) is 7.90. The van der Waals surface area contributed by atoms with E-state index in [9.17, 15) is 0 Å². The Bertz CT molecular complexity index is 2990. The second-order valence-corrected chi connectivity index (χ2v) is 15.8. The van der Waals surface area contributed by atoms with E-state index < -0.39 is 0 Å². The van der Waals surface area contributed by atoms with E-state index in [-0.39, 0.29) is 0 Å². The topological polar surface area (TPSA) is 3.24 Å². The van der Waals surface area contributed by atoms with Crippen molar-refractivity contribution in [2.75, 3.05) is 4.90 Å². The zero-order valence-corrected chi connectivity index (χ0v) is 34.7. The molecule has 0 amide bonds. The fourth-order valence-electron chi connectivity index (χ4n) is 8.62. The van der Waals surface area contributed by atoms with Crippen LogP contribution in [0.1, 0.15) is 0 Å². The Morgan fingerprint density at radius 3 is 0.935 bits per heavy atom. The monoisotopic (exact) mass is 789 g/mol. The molecule has 0 spiro atoms. The van der Waals surface area contributed by atoms with Crippen LogP contribution in [-0.4, -0.2) is 7.85 Å². The van der Waals surface area contributed by atoms with E-state index in [1.54, 1.807) is 0 Å². The van der Waals surface area contributed by atoms with Crippen molar-refractivity contribution in [1.82, 2.24) is 0 Å². The molecule has 0 aliphatic carbocycles. The smallest absolute Gasteiger partial charge is 0.140 e. The highest BCUT2D eigenvalue weighted by Crippen LogP contribution is 2.43. The lowest BCUT2D eigenvalue weighted by Gasteiger charge is -2.26. The minimum absolute atomic E-state index is 1.09. The van der Waals surface area contributed by atoms with Crippen molar-refractivity contribution in [3.05, 3.63) is 255 Å². The van der Waals surface area contributed by atoms with Crippen LogP contribution in [-0.2, 0) is 0 Å². The summed E-state index contributed by atoms with van der Waals surface area (Å²) in [6.45, 7) is 0. The standard InChI is InChI=1S/C60H44BN/c61-60-24-14-13-23-57(60)56-40-32-51(46-21-11-4-12-22-46)42-59(56)58-41-50(45-19-9-3-10-20-45)31-39-55(58)49-29-37-54(38-30-49)62(52-33-25-47(26-34-52)43-15-5-1-6-16-43)53-35-27-48(28-36-53)44-17-7-2-8-18-44/h1-42H,61H2. The predicted octanol–water partition coefficient (Wildman–Crippen LogP) is 15.1. The highest BCUT2D eigenvalue weighted by Gasteiger charge is 2.19. The molecule has 0 saturated carbocycles. The third-order valence-corrected chi connectivity index (χ3v) is 11.9. The van der Waals surface area contributed by atoms with Gasteiger partial charge in [-0.3, -0.25) is 0 Å². The molecule has 62 heavy (non-hydrogen) atoms. The lowest BCUT2D eigenvalue weighted by Crippen LogP contribution is -2.09. The van der Waals surface area contributed by atoms with E-state index in [0.717, 1.165) is 22.6 Å². The molecule has 0 unspecified atom stereocenters. The molecule has 1 nitrogen and oxygen atoms in total. The molecule has 0 saturated heterocycles. The summed E-state index contributed by atoms with van der Waals surface area (Å²) in [5.41, 5.74) is 21.3. The van der Waals surface area contributed by atoms with Gasteiger partial charge in [0.2, 0.25) is 0 Å². The van der Waals surface area contributed by atoms with E-state index in [1.165, 1.54) is 77.8 Å². The van der Waals surface area contributed by atoms with E-state index in [4.69, 9.17) is 0 Å². The number of hydrogen-bond acceptors (Lipinski definition) is 1. The van der Waals surface area contributed by atoms with Crippen LogP contribution in [0.4, 0.5) is 17.1 Å². The van der Waals surface area contributed by atoms with E-state index >= 15 is 0 Å². The lowest BCUT2D eigenvalue weighted by molar-refractivity contribution is 1.28. The summed E-state index contributed by atoms with van der Waals surface area (Å²) in [4.78, 5) is 2.35. The molecule has 10 rings (SSSR count). The summed E-state index contributed by atoms with van der Waals surface area (Å²) in [6, 6.07) is 92.2. The molecular formula is C60H44BN. The summed E-state index contributed by atoms with van der Waals surface area (Å²) < 4.78 is 0. The van der Waals surface area contributed by atoms with E-state index in [1.807, 2.05) is 0 Å². The van der Waals surface area contributed by atoms with Gasteiger partial charge in [0.15, 0.2) is 0 Å². The molecule has 0 N–H and O–H groups in total. The van der Waals surface area contributed by atoms with Gasteiger partial charge >= 0.3 is 0 Å². The van der Waals surface area contributed by atoms with Gasteiger partial charge in [0.05, 0.1) is 0 Å². The Hall–Kier alpha value is -7.94. The van der Waals surface area contributed by atoms with Gasteiger partial charge in [0.25, 0.3) is 0 Å². The number of rotatable bonds is 10. The first-order chi connectivity index (χ1) is 30.7. The van der Waals surface area contributed by atoms with Crippen LogP contribution in [0.5, 0.6) is 0 Å². The Morgan fingerprint density at radius 2 is 0.516 bits per heavy atom. The molecular weight excluding hydrogens is 745 g/mol. The van der Waals surface area contributed by atoms with Gasteiger partial charge in [-0.1, -0.05) is 212 Å². The maximum absolute atomic E-state index is 2.39. The van der Waals surface area contributed by atoms with Crippen LogP contribution in [0.3, 0.4) is 0 Å². The van der Waals surface area contributed by atoms with Crippen LogP contribution in [0.2, 0.25) is 0 Å². The zero-order chi connectivity index (χ0) is 41.7. The summed E-state index contributed by atoms with van der Waals surface area (Å²) in [5, 5.41) is 0. The van der Waals surface area contributed by atoms with Crippen LogP contribution in [0.25, 0.3) is 77.9 Å². The first-order valence-electron chi connectivity index (χ1n) is 21.3. The normalized spacial score (nSPS) is 11.0. The molecule has 0 atom stereocenters. The second-order valence-electron chi connectivity index (χ2n) is 15.8.